The molecule has 0 heterocycles. The molecule has 0 radical (unpaired) electrons. The van der Waals surface area contributed by atoms with Crippen molar-refractivity contribution in [3.05, 3.63) is 65.2 Å². The number of aryl methyl sites for hydroxylation is 1. The van der Waals surface area contributed by atoms with Crippen molar-refractivity contribution < 1.29 is 13.2 Å². The Hall–Kier alpha value is -1.89. The number of carbonyl (C=O) groups excluding carboxylic acids is 1. The van der Waals surface area contributed by atoms with Crippen LogP contribution >= 0.6 is 12.4 Å². The molecule has 7 heteroatoms. The van der Waals surface area contributed by atoms with E-state index in [1.807, 2.05) is 37.3 Å². The van der Waals surface area contributed by atoms with Crippen molar-refractivity contribution in [2.24, 2.45) is 11.7 Å². The SMILES string of the molecule is Cc1ccc(C(NC(=O)C2CCC(N)C2)c2cccc(S(C)(=O)=O)c2)cc1.Cl. The van der Waals surface area contributed by atoms with Crippen LogP contribution < -0.4 is 11.1 Å². The molecule has 3 atom stereocenters. The lowest BCUT2D eigenvalue weighted by Crippen LogP contribution is -2.34. The van der Waals surface area contributed by atoms with Gasteiger partial charge in [-0.2, -0.15) is 0 Å². The maximum Gasteiger partial charge on any atom is 0.223 e. The van der Waals surface area contributed by atoms with Gasteiger partial charge in [0.2, 0.25) is 5.91 Å². The summed E-state index contributed by atoms with van der Waals surface area (Å²) < 4.78 is 23.9. The number of hydrogen-bond acceptors (Lipinski definition) is 4. The zero-order valence-corrected chi connectivity index (χ0v) is 17.7. The Kier molecular flexibility index (Phi) is 7.26. The van der Waals surface area contributed by atoms with Gasteiger partial charge in [0.15, 0.2) is 9.84 Å². The number of hydrogen-bond donors (Lipinski definition) is 2. The van der Waals surface area contributed by atoms with Gasteiger partial charge in [-0.15, -0.1) is 12.4 Å². The highest BCUT2D eigenvalue weighted by atomic mass is 35.5. The van der Waals surface area contributed by atoms with Gasteiger partial charge in [-0.25, -0.2) is 8.42 Å². The molecule has 3 unspecified atom stereocenters. The average molecular weight is 423 g/mol. The zero-order valence-electron chi connectivity index (χ0n) is 16.1. The second kappa shape index (κ2) is 9.07. The minimum Gasteiger partial charge on any atom is -0.345 e. The minimum absolute atomic E-state index is 0. The summed E-state index contributed by atoms with van der Waals surface area (Å²) in [5, 5.41) is 3.12. The number of halogens is 1. The number of nitrogens with two attached hydrogens (primary N) is 1. The second-order valence-corrected chi connectivity index (χ2v) is 9.48. The highest BCUT2D eigenvalue weighted by Gasteiger charge is 2.30. The maximum atomic E-state index is 12.8. The number of carbonyl (C=O) groups is 1. The van der Waals surface area contributed by atoms with E-state index in [-0.39, 0.29) is 35.2 Å². The smallest absolute Gasteiger partial charge is 0.223 e. The molecule has 1 aliphatic carbocycles. The van der Waals surface area contributed by atoms with Crippen molar-refractivity contribution in [2.75, 3.05) is 6.26 Å². The largest absolute Gasteiger partial charge is 0.345 e. The minimum atomic E-state index is -3.33. The van der Waals surface area contributed by atoms with Gasteiger partial charge in [0.25, 0.3) is 0 Å². The first-order valence-electron chi connectivity index (χ1n) is 9.16. The first kappa shape index (κ1) is 22.4. The normalized spacial score (nSPS) is 20.2. The molecular formula is C21H27ClN2O3S. The molecule has 0 spiro atoms. The van der Waals surface area contributed by atoms with E-state index in [4.69, 9.17) is 5.73 Å². The van der Waals surface area contributed by atoms with E-state index in [9.17, 15) is 13.2 Å². The molecule has 5 nitrogen and oxygen atoms in total. The number of rotatable bonds is 5. The molecule has 3 rings (SSSR count). The number of benzene rings is 2. The summed E-state index contributed by atoms with van der Waals surface area (Å²) in [6.45, 7) is 2.00. The lowest BCUT2D eigenvalue weighted by Gasteiger charge is -2.22. The van der Waals surface area contributed by atoms with Crippen molar-refractivity contribution in [3.63, 3.8) is 0 Å². The lowest BCUT2D eigenvalue weighted by molar-refractivity contribution is -0.125. The van der Waals surface area contributed by atoms with E-state index >= 15 is 0 Å². The predicted octanol–water partition coefficient (Wildman–Crippen LogP) is 3.15. The van der Waals surface area contributed by atoms with Crippen molar-refractivity contribution in [1.29, 1.82) is 0 Å². The van der Waals surface area contributed by atoms with Gasteiger partial charge >= 0.3 is 0 Å². The Morgan fingerprint density at radius 1 is 1.11 bits per heavy atom. The first-order chi connectivity index (χ1) is 12.7. The third-order valence-electron chi connectivity index (χ3n) is 5.16. The van der Waals surface area contributed by atoms with Gasteiger partial charge in [-0.3, -0.25) is 4.79 Å². The Morgan fingerprint density at radius 2 is 1.79 bits per heavy atom. The van der Waals surface area contributed by atoms with E-state index in [1.54, 1.807) is 18.2 Å². The first-order valence-corrected chi connectivity index (χ1v) is 11.1. The molecule has 1 fully saturated rings. The Balaban J connectivity index is 0.00000280. The van der Waals surface area contributed by atoms with Crippen LogP contribution in [-0.2, 0) is 14.6 Å². The fourth-order valence-corrected chi connectivity index (χ4v) is 4.23. The highest BCUT2D eigenvalue weighted by Crippen LogP contribution is 2.28. The molecule has 3 N–H and O–H groups in total. The molecular weight excluding hydrogens is 396 g/mol. The summed E-state index contributed by atoms with van der Waals surface area (Å²) in [6.07, 6.45) is 3.52. The van der Waals surface area contributed by atoms with Crippen molar-refractivity contribution >= 4 is 28.2 Å². The van der Waals surface area contributed by atoms with Crippen LogP contribution in [0.25, 0.3) is 0 Å². The molecule has 1 saturated carbocycles. The van der Waals surface area contributed by atoms with Gasteiger partial charge in [0.1, 0.15) is 0 Å². The molecule has 2 aromatic rings. The summed E-state index contributed by atoms with van der Waals surface area (Å²) in [7, 11) is -3.33. The van der Waals surface area contributed by atoms with Gasteiger partial charge < -0.3 is 11.1 Å². The molecule has 1 amide bonds. The Morgan fingerprint density at radius 3 is 2.36 bits per heavy atom. The molecule has 1 aliphatic rings. The molecule has 0 saturated heterocycles. The maximum absolute atomic E-state index is 12.8. The van der Waals surface area contributed by atoms with Crippen LogP contribution in [-0.4, -0.2) is 26.6 Å². The second-order valence-electron chi connectivity index (χ2n) is 7.47. The van der Waals surface area contributed by atoms with E-state index in [1.165, 1.54) is 6.26 Å². The number of nitrogens with one attached hydrogen (secondary N) is 1. The molecule has 28 heavy (non-hydrogen) atoms. The van der Waals surface area contributed by atoms with Crippen LogP contribution in [0.5, 0.6) is 0 Å². The van der Waals surface area contributed by atoms with Crippen LogP contribution in [0.2, 0.25) is 0 Å². The summed E-state index contributed by atoms with van der Waals surface area (Å²) in [4.78, 5) is 13.1. The summed E-state index contributed by atoms with van der Waals surface area (Å²) in [5.74, 6) is -0.121. The summed E-state index contributed by atoms with van der Waals surface area (Å²) >= 11 is 0. The van der Waals surface area contributed by atoms with Crippen LogP contribution in [0, 0.1) is 12.8 Å². The fourth-order valence-electron chi connectivity index (χ4n) is 3.56. The Labute approximate surface area is 173 Å². The summed E-state index contributed by atoms with van der Waals surface area (Å²) in [6, 6.07) is 14.3. The lowest BCUT2D eigenvalue weighted by atomic mass is 9.96. The van der Waals surface area contributed by atoms with Crippen LogP contribution in [0.1, 0.15) is 42.0 Å². The van der Waals surface area contributed by atoms with E-state index in [0.29, 0.717) is 6.42 Å². The van der Waals surface area contributed by atoms with Gasteiger partial charge in [-0.05, 0) is 49.4 Å². The monoisotopic (exact) mass is 422 g/mol. The topological polar surface area (TPSA) is 89.3 Å². The van der Waals surface area contributed by atoms with Crippen LogP contribution in [0.3, 0.4) is 0 Å². The number of sulfone groups is 1. The third kappa shape index (κ3) is 5.34. The summed E-state index contributed by atoms with van der Waals surface area (Å²) in [5.41, 5.74) is 8.74. The van der Waals surface area contributed by atoms with E-state index < -0.39 is 15.9 Å². The highest BCUT2D eigenvalue weighted by molar-refractivity contribution is 7.90. The molecule has 0 aromatic heterocycles. The molecule has 0 bridgehead atoms. The Bertz CT molecular complexity index is 929. The van der Waals surface area contributed by atoms with Crippen LogP contribution in [0.4, 0.5) is 0 Å². The quantitative estimate of drug-likeness (QED) is 0.774. The van der Waals surface area contributed by atoms with Crippen molar-refractivity contribution in [1.82, 2.24) is 5.32 Å². The molecule has 152 valence electrons. The van der Waals surface area contributed by atoms with Gasteiger partial charge in [-0.1, -0.05) is 42.0 Å². The average Bonchev–Trinajstić information content (AvgIpc) is 3.06. The van der Waals surface area contributed by atoms with Crippen molar-refractivity contribution in [2.45, 2.75) is 43.2 Å². The third-order valence-corrected chi connectivity index (χ3v) is 6.27. The molecule has 0 aliphatic heterocycles. The van der Waals surface area contributed by atoms with Gasteiger partial charge in [0.05, 0.1) is 10.9 Å². The standard InChI is InChI=1S/C21H26N2O3S.ClH/c1-14-6-8-15(9-7-14)20(23-21(24)17-10-11-18(22)12-17)16-4-3-5-19(13-16)27(2,25)26;/h3-9,13,17-18,20H,10-12,22H2,1-2H3,(H,23,24);1H. The zero-order chi connectivity index (χ0) is 19.6. The predicted molar refractivity (Wildman–Crippen MR) is 113 cm³/mol. The van der Waals surface area contributed by atoms with Crippen LogP contribution in [0.15, 0.2) is 53.4 Å². The van der Waals surface area contributed by atoms with Crippen molar-refractivity contribution in [3.8, 4) is 0 Å². The van der Waals surface area contributed by atoms with E-state index in [0.717, 1.165) is 29.5 Å². The molecule has 2 aromatic carbocycles. The van der Waals surface area contributed by atoms with Gasteiger partial charge in [0, 0.05) is 18.2 Å². The fraction of sp³-hybridized carbons (Fsp3) is 0.381. The number of amides is 1. The van der Waals surface area contributed by atoms with E-state index in [2.05, 4.69) is 5.32 Å².